The summed E-state index contributed by atoms with van der Waals surface area (Å²) in [6, 6.07) is 0. The van der Waals surface area contributed by atoms with Gasteiger partial charge >= 0.3 is 0 Å². The molecular formula is C6H13ClO6. The molecule has 0 radical (unpaired) electrons. The number of rotatable bonds is 1. The zero-order valence-corrected chi connectivity index (χ0v) is 7.46. The van der Waals surface area contributed by atoms with E-state index >= 15 is 0 Å². The Bertz CT molecular complexity index is 151. The molecule has 5 atom stereocenters. The van der Waals surface area contributed by atoms with Crippen LogP contribution in [0.3, 0.4) is 0 Å². The van der Waals surface area contributed by atoms with Crippen molar-refractivity contribution in [2.24, 2.45) is 0 Å². The van der Waals surface area contributed by atoms with Gasteiger partial charge in [-0.3, -0.25) is 0 Å². The number of ether oxygens (including phenoxy) is 1. The molecule has 1 aliphatic rings. The topological polar surface area (TPSA) is 110 Å². The highest BCUT2D eigenvalue weighted by molar-refractivity contribution is 5.85. The summed E-state index contributed by atoms with van der Waals surface area (Å²) in [5.41, 5.74) is 0. The van der Waals surface area contributed by atoms with Gasteiger partial charge in [0, 0.05) is 0 Å². The third-order valence-electron chi connectivity index (χ3n) is 1.87. The zero-order valence-electron chi connectivity index (χ0n) is 6.65. The van der Waals surface area contributed by atoms with E-state index in [1.807, 2.05) is 0 Å². The van der Waals surface area contributed by atoms with E-state index in [1.54, 1.807) is 0 Å². The van der Waals surface area contributed by atoms with Gasteiger partial charge in [-0.2, -0.15) is 0 Å². The smallest absolute Gasteiger partial charge is 0.184 e. The second kappa shape index (κ2) is 5.06. The van der Waals surface area contributed by atoms with Crippen molar-refractivity contribution >= 4 is 12.4 Å². The predicted octanol–water partition coefficient (Wildman–Crippen LogP) is -2.80. The second-order valence-electron chi connectivity index (χ2n) is 2.72. The molecule has 1 fully saturated rings. The molecule has 0 bridgehead atoms. The minimum Gasteiger partial charge on any atom is -0.394 e. The lowest BCUT2D eigenvalue weighted by molar-refractivity contribution is -0.286. The van der Waals surface area contributed by atoms with Crippen LogP contribution < -0.4 is 0 Å². The predicted molar refractivity (Wildman–Crippen MR) is 43.2 cm³/mol. The van der Waals surface area contributed by atoms with Crippen molar-refractivity contribution in [3.05, 3.63) is 0 Å². The Kier molecular flexibility index (Phi) is 5.08. The lowest BCUT2D eigenvalue weighted by Gasteiger charge is -2.37. The Morgan fingerprint density at radius 1 is 0.923 bits per heavy atom. The highest BCUT2D eigenvalue weighted by Gasteiger charge is 2.42. The fourth-order valence-electron chi connectivity index (χ4n) is 1.08. The van der Waals surface area contributed by atoms with Crippen molar-refractivity contribution < 1.29 is 30.3 Å². The summed E-state index contributed by atoms with van der Waals surface area (Å²) in [5.74, 6) is 0. The number of aliphatic hydroxyl groups excluding tert-OH is 5. The lowest BCUT2D eigenvalue weighted by Crippen LogP contribution is -2.58. The van der Waals surface area contributed by atoms with E-state index in [1.165, 1.54) is 0 Å². The molecule has 0 spiro atoms. The maximum Gasteiger partial charge on any atom is 0.184 e. The van der Waals surface area contributed by atoms with Gasteiger partial charge in [-0.1, -0.05) is 0 Å². The Hall–Kier alpha value is 0.0500. The van der Waals surface area contributed by atoms with E-state index < -0.39 is 37.3 Å². The molecule has 1 heterocycles. The summed E-state index contributed by atoms with van der Waals surface area (Å²) in [6.45, 7) is -0.526. The molecule has 5 N–H and O–H groups in total. The van der Waals surface area contributed by atoms with E-state index in [4.69, 9.17) is 25.5 Å². The van der Waals surface area contributed by atoms with E-state index in [0.717, 1.165) is 0 Å². The van der Waals surface area contributed by atoms with Crippen molar-refractivity contribution in [1.82, 2.24) is 0 Å². The van der Waals surface area contributed by atoms with Crippen LogP contribution in [0.2, 0.25) is 0 Å². The average Bonchev–Trinajstić information content (AvgIpc) is 2.08. The Labute approximate surface area is 80.8 Å². The van der Waals surface area contributed by atoms with Crippen LogP contribution in [0.25, 0.3) is 0 Å². The van der Waals surface area contributed by atoms with Gasteiger partial charge in [-0.25, -0.2) is 0 Å². The van der Waals surface area contributed by atoms with Crippen LogP contribution in [0.5, 0.6) is 0 Å². The summed E-state index contributed by atoms with van der Waals surface area (Å²) in [4.78, 5) is 0. The average molecular weight is 217 g/mol. The molecule has 0 aromatic rings. The summed E-state index contributed by atoms with van der Waals surface area (Å²) < 4.78 is 4.58. The van der Waals surface area contributed by atoms with Crippen LogP contribution >= 0.6 is 12.4 Å². The van der Waals surface area contributed by atoms with Gasteiger partial charge in [0.1, 0.15) is 24.4 Å². The molecule has 0 aromatic carbocycles. The van der Waals surface area contributed by atoms with Gasteiger partial charge in [0.15, 0.2) is 6.29 Å². The number of hydrogen-bond donors (Lipinski definition) is 5. The molecule has 0 saturated carbocycles. The van der Waals surface area contributed by atoms with Crippen molar-refractivity contribution in [3.8, 4) is 0 Å². The molecule has 1 saturated heterocycles. The van der Waals surface area contributed by atoms with Crippen LogP contribution in [-0.4, -0.2) is 62.8 Å². The highest BCUT2D eigenvalue weighted by atomic mass is 35.5. The van der Waals surface area contributed by atoms with Crippen molar-refractivity contribution in [2.75, 3.05) is 6.61 Å². The fraction of sp³-hybridized carbons (Fsp3) is 1.00. The standard InChI is InChI=1S/C6H12O6.ClH/c7-1-2-3(8)4(9)5(10)6(11)12-2;/h2-11H,1H2;1H/t2?,3-,4+,5+,6?;/m1./s1. The van der Waals surface area contributed by atoms with Crippen molar-refractivity contribution in [3.63, 3.8) is 0 Å². The minimum atomic E-state index is -1.57. The van der Waals surface area contributed by atoms with Crippen molar-refractivity contribution in [1.29, 1.82) is 0 Å². The molecule has 0 aliphatic carbocycles. The lowest BCUT2D eigenvalue weighted by atomic mass is 10.00. The Balaban J connectivity index is 0.00000144. The SMILES string of the molecule is Cl.OCC1OC(O)[C@@H](O)[C@@H](O)[C@@H]1O. The first-order valence-electron chi connectivity index (χ1n) is 3.56. The molecule has 6 nitrogen and oxygen atoms in total. The van der Waals surface area contributed by atoms with Crippen LogP contribution in [-0.2, 0) is 4.74 Å². The van der Waals surface area contributed by atoms with Crippen molar-refractivity contribution in [2.45, 2.75) is 30.7 Å². The Morgan fingerprint density at radius 3 is 1.92 bits per heavy atom. The van der Waals surface area contributed by atoms with E-state index in [2.05, 4.69) is 4.74 Å². The molecule has 80 valence electrons. The molecule has 1 rings (SSSR count). The third kappa shape index (κ3) is 2.50. The molecule has 1 aliphatic heterocycles. The maximum atomic E-state index is 9.12. The molecule has 13 heavy (non-hydrogen) atoms. The van der Waals surface area contributed by atoms with E-state index in [-0.39, 0.29) is 12.4 Å². The first-order chi connectivity index (χ1) is 5.57. The van der Waals surface area contributed by atoms with Crippen LogP contribution in [0.1, 0.15) is 0 Å². The van der Waals surface area contributed by atoms with E-state index in [9.17, 15) is 0 Å². The molecule has 2 unspecified atom stereocenters. The Morgan fingerprint density at radius 2 is 1.46 bits per heavy atom. The summed E-state index contributed by atoms with van der Waals surface area (Å²) in [7, 11) is 0. The van der Waals surface area contributed by atoms with Gasteiger partial charge in [-0.15, -0.1) is 12.4 Å². The number of aliphatic hydroxyl groups is 5. The minimum absolute atomic E-state index is 0. The van der Waals surface area contributed by atoms with Gasteiger partial charge in [0.05, 0.1) is 6.61 Å². The van der Waals surface area contributed by atoms with Crippen LogP contribution in [0.15, 0.2) is 0 Å². The fourth-order valence-corrected chi connectivity index (χ4v) is 1.08. The van der Waals surface area contributed by atoms with Gasteiger partial charge in [0.25, 0.3) is 0 Å². The summed E-state index contributed by atoms with van der Waals surface area (Å²) >= 11 is 0. The zero-order chi connectivity index (χ0) is 9.30. The van der Waals surface area contributed by atoms with E-state index in [0.29, 0.717) is 0 Å². The third-order valence-corrected chi connectivity index (χ3v) is 1.87. The molecular weight excluding hydrogens is 204 g/mol. The maximum absolute atomic E-state index is 9.12. The number of halogens is 1. The van der Waals surface area contributed by atoms with Gasteiger partial charge in [-0.05, 0) is 0 Å². The van der Waals surface area contributed by atoms with Crippen LogP contribution in [0, 0.1) is 0 Å². The molecule has 0 amide bonds. The molecule has 7 heteroatoms. The largest absolute Gasteiger partial charge is 0.394 e. The summed E-state index contributed by atoms with van der Waals surface area (Å²) in [5, 5.41) is 44.7. The monoisotopic (exact) mass is 216 g/mol. The van der Waals surface area contributed by atoms with Crippen LogP contribution in [0.4, 0.5) is 0 Å². The first-order valence-corrected chi connectivity index (χ1v) is 3.56. The first kappa shape index (κ1) is 13.1. The molecule has 0 aromatic heterocycles. The highest BCUT2D eigenvalue weighted by Crippen LogP contribution is 2.18. The second-order valence-corrected chi connectivity index (χ2v) is 2.72. The van der Waals surface area contributed by atoms with Gasteiger partial charge < -0.3 is 30.3 Å². The normalized spacial score (nSPS) is 45.5. The summed E-state index contributed by atoms with van der Waals surface area (Å²) in [6.07, 6.45) is -7.04. The quantitative estimate of drug-likeness (QED) is 0.324. The van der Waals surface area contributed by atoms with Gasteiger partial charge in [0.2, 0.25) is 0 Å². The number of hydrogen-bond acceptors (Lipinski definition) is 6.